The molecule has 1 saturated heterocycles. The van der Waals surface area contributed by atoms with Crippen LogP contribution < -0.4 is 0 Å². The molecule has 3 heteroatoms. The minimum absolute atomic E-state index is 0.148. The largest absolute Gasteiger partial charge is 0.376 e. The van der Waals surface area contributed by atoms with Gasteiger partial charge in [0, 0.05) is 17.5 Å². The molecule has 2 atom stereocenters. The summed E-state index contributed by atoms with van der Waals surface area (Å²) in [5, 5.41) is 0. The standard InChI is InChI=1S/C23H25NO2/c25-21(20-10-5-2-6-11-20)22-23(13-7-17-26-18-23)14-16-24(22)15-12-19-8-3-1-4-9-19/h1-11,13,22H,12,14-18H2/t22-,23-/m1/s1. The number of Topliss-reactive ketones (excluding diaryl/α,β-unsaturated/α-hetero) is 1. The third-order valence-corrected chi connectivity index (χ3v) is 5.65. The van der Waals surface area contributed by atoms with Crippen LogP contribution in [0.3, 0.4) is 0 Å². The van der Waals surface area contributed by atoms with Crippen LogP contribution >= 0.6 is 0 Å². The fourth-order valence-corrected chi connectivity index (χ4v) is 4.30. The van der Waals surface area contributed by atoms with E-state index in [-0.39, 0.29) is 17.2 Å². The number of likely N-dealkylation sites (tertiary alicyclic amines) is 1. The lowest BCUT2D eigenvalue weighted by atomic mass is 9.76. The number of carbonyl (C=O) groups is 1. The Labute approximate surface area is 155 Å². The van der Waals surface area contributed by atoms with Crippen LogP contribution in [0.25, 0.3) is 0 Å². The first-order chi connectivity index (χ1) is 12.8. The van der Waals surface area contributed by atoms with Crippen molar-refractivity contribution < 1.29 is 9.53 Å². The zero-order chi connectivity index (χ0) is 17.8. The second-order valence-corrected chi connectivity index (χ2v) is 7.31. The Morgan fingerprint density at radius 1 is 1.08 bits per heavy atom. The molecule has 4 rings (SSSR count). The smallest absolute Gasteiger partial charge is 0.180 e. The zero-order valence-electron chi connectivity index (χ0n) is 15.0. The highest BCUT2D eigenvalue weighted by molar-refractivity contribution is 6.01. The number of hydrogen-bond acceptors (Lipinski definition) is 3. The van der Waals surface area contributed by atoms with Gasteiger partial charge in [0.15, 0.2) is 5.78 Å². The molecule has 2 aliphatic heterocycles. The summed E-state index contributed by atoms with van der Waals surface area (Å²) in [6.07, 6.45) is 6.25. The van der Waals surface area contributed by atoms with Crippen LogP contribution in [0.5, 0.6) is 0 Å². The van der Waals surface area contributed by atoms with Crippen molar-refractivity contribution in [3.8, 4) is 0 Å². The molecule has 26 heavy (non-hydrogen) atoms. The molecule has 2 heterocycles. The van der Waals surface area contributed by atoms with Gasteiger partial charge in [-0.3, -0.25) is 9.69 Å². The highest BCUT2D eigenvalue weighted by Crippen LogP contribution is 2.41. The molecule has 0 saturated carbocycles. The Kier molecular flexibility index (Phi) is 5.00. The van der Waals surface area contributed by atoms with Crippen molar-refractivity contribution in [2.75, 3.05) is 26.3 Å². The molecule has 3 nitrogen and oxygen atoms in total. The van der Waals surface area contributed by atoms with E-state index in [4.69, 9.17) is 4.74 Å². The Morgan fingerprint density at radius 3 is 2.50 bits per heavy atom. The van der Waals surface area contributed by atoms with E-state index >= 15 is 0 Å². The number of carbonyl (C=O) groups excluding carboxylic acids is 1. The van der Waals surface area contributed by atoms with E-state index in [0.29, 0.717) is 13.2 Å². The zero-order valence-corrected chi connectivity index (χ0v) is 15.0. The molecule has 0 radical (unpaired) electrons. The molecule has 0 amide bonds. The molecular weight excluding hydrogens is 322 g/mol. The molecule has 0 bridgehead atoms. The Hall–Kier alpha value is -2.23. The van der Waals surface area contributed by atoms with Crippen LogP contribution in [0.4, 0.5) is 0 Å². The van der Waals surface area contributed by atoms with Crippen molar-refractivity contribution in [1.29, 1.82) is 0 Å². The minimum atomic E-state index is -0.193. The van der Waals surface area contributed by atoms with Gasteiger partial charge in [0.1, 0.15) is 0 Å². The van der Waals surface area contributed by atoms with Gasteiger partial charge in [-0.1, -0.05) is 72.8 Å². The predicted octanol–water partition coefficient (Wildman–Crippen LogP) is 3.76. The minimum Gasteiger partial charge on any atom is -0.376 e. The first-order valence-electron chi connectivity index (χ1n) is 9.41. The van der Waals surface area contributed by atoms with E-state index in [1.807, 2.05) is 36.4 Å². The van der Waals surface area contributed by atoms with Crippen molar-refractivity contribution >= 4 is 5.78 Å². The van der Waals surface area contributed by atoms with Crippen LogP contribution in [0.2, 0.25) is 0 Å². The van der Waals surface area contributed by atoms with Crippen LogP contribution in [0.1, 0.15) is 22.3 Å². The lowest BCUT2D eigenvalue weighted by Crippen LogP contribution is -2.48. The lowest BCUT2D eigenvalue weighted by molar-refractivity contribution is 0.0418. The Balaban J connectivity index is 1.59. The lowest BCUT2D eigenvalue weighted by Gasteiger charge is -2.36. The summed E-state index contributed by atoms with van der Waals surface area (Å²) in [7, 11) is 0. The van der Waals surface area contributed by atoms with Crippen molar-refractivity contribution in [2.24, 2.45) is 5.41 Å². The molecule has 1 fully saturated rings. The molecule has 2 aliphatic rings. The number of ketones is 1. The highest BCUT2D eigenvalue weighted by Gasteiger charge is 2.50. The summed E-state index contributed by atoms with van der Waals surface area (Å²) >= 11 is 0. The molecule has 0 N–H and O–H groups in total. The average molecular weight is 347 g/mol. The quantitative estimate of drug-likeness (QED) is 0.609. The Bertz CT molecular complexity index is 771. The maximum Gasteiger partial charge on any atom is 0.180 e. The van der Waals surface area contributed by atoms with Crippen LogP contribution in [0.15, 0.2) is 72.8 Å². The van der Waals surface area contributed by atoms with Crippen molar-refractivity contribution in [1.82, 2.24) is 4.90 Å². The van der Waals surface area contributed by atoms with E-state index in [9.17, 15) is 4.79 Å². The molecule has 2 aromatic carbocycles. The highest BCUT2D eigenvalue weighted by atomic mass is 16.5. The van der Waals surface area contributed by atoms with E-state index < -0.39 is 0 Å². The second kappa shape index (κ2) is 7.56. The van der Waals surface area contributed by atoms with E-state index in [0.717, 1.165) is 31.5 Å². The number of benzene rings is 2. The maximum atomic E-state index is 13.4. The van der Waals surface area contributed by atoms with E-state index in [2.05, 4.69) is 41.3 Å². The molecule has 134 valence electrons. The van der Waals surface area contributed by atoms with Gasteiger partial charge in [-0.05, 0) is 24.9 Å². The molecule has 0 aromatic heterocycles. The topological polar surface area (TPSA) is 29.5 Å². The number of ether oxygens (including phenoxy) is 1. The summed E-state index contributed by atoms with van der Waals surface area (Å²) in [4.78, 5) is 15.8. The first kappa shape index (κ1) is 17.2. The second-order valence-electron chi connectivity index (χ2n) is 7.31. The summed E-state index contributed by atoms with van der Waals surface area (Å²) in [6.45, 7) is 3.11. The van der Waals surface area contributed by atoms with Crippen LogP contribution in [-0.4, -0.2) is 43.0 Å². The average Bonchev–Trinajstić information content (AvgIpc) is 3.05. The fraction of sp³-hybridized carbons (Fsp3) is 0.348. The van der Waals surface area contributed by atoms with Gasteiger partial charge in [0.05, 0.1) is 19.3 Å². The third-order valence-electron chi connectivity index (χ3n) is 5.65. The van der Waals surface area contributed by atoms with Gasteiger partial charge in [-0.25, -0.2) is 0 Å². The van der Waals surface area contributed by atoms with Crippen LogP contribution in [-0.2, 0) is 11.2 Å². The SMILES string of the molecule is O=C(c1ccccc1)[C@H]1N(CCc2ccccc2)CC[C@@]12C=CCOC2. The Morgan fingerprint density at radius 2 is 1.81 bits per heavy atom. The van der Waals surface area contributed by atoms with E-state index in [1.54, 1.807) is 0 Å². The summed E-state index contributed by atoms with van der Waals surface area (Å²) in [5.41, 5.74) is 1.92. The molecule has 1 spiro atoms. The predicted molar refractivity (Wildman–Crippen MR) is 103 cm³/mol. The monoisotopic (exact) mass is 347 g/mol. The van der Waals surface area contributed by atoms with Gasteiger partial charge in [-0.15, -0.1) is 0 Å². The third kappa shape index (κ3) is 3.37. The first-order valence-corrected chi connectivity index (χ1v) is 9.41. The van der Waals surface area contributed by atoms with Gasteiger partial charge in [0.25, 0.3) is 0 Å². The summed E-state index contributed by atoms with van der Waals surface area (Å²) in [6, 6.07) is 20.0. The number of hydrogen-bond donors (Lipinski definition) is 0. The summed E-state index contributed by atoms with van der Waals surface area (Å²) < 4.78 is 5.77. The van der Waals surface area contributed by atoms with Crippen molar-refractivity contribution in [2.45, 2.75) is 18.9 Å². The van der Waals surface area contributed by atoms with E-state index in [1.165, 1.54) is 5.56 Å². The van der Waals surface area contributed by atoms with Gasteiger partial charge < -0.3 is 4.74 Å². The molecule has 0 aliphatic carbocycles. The van der Waals surface area contributed by atoms with Gasteiger partial charge in [0.2, 0.25) is 0 Å². The maximum absolute atomic E-state index is 13.4. The summed E-state index contributed by atoms with van der Waals surface area (Å²) in [5.74, 6) is 0.214. The number of rotatable bonds is 5. The van der Waals surface area contributed by atoms with Gasteiger partial charge in [-0.2, -0.15) is 0 Å². The molecule has 0 unspecified atom stereocenters. The van der Waals surface area contributed by atoms with Crippen molar-refractivity contribution in [3.63, 3.8) is 0 Å². The molecule has 2 aromatic rings. The number of nitrogens with zero attached hydrogens (tertiary/aromatic N) is 1. The fourth-order valence-electron chi connectivity index (χ4n) is 4.30. The normalized spacial score (nSPS) is 25.6. The van der Waals surface area contributed by atoms with Crippen LogP contribution in [0, 0.1) is 5.41 Å². The molecular formula is C23H25NO2. The van der Waals surface area contributed by atoms with Gasteiger partial charge >= 0.3 is 0 Å². The van der Waals surface area contributed by atoms with Crippen molar-refractivity contribution in [3.05, 3.63) is 83.9 Å².